The predicted octanol–water partition coefficient (Wildman–Crippen LogP) is 6.63. The van der Waals surface area contributed by atoms with E-state index in [1.807, 2.05) is 0 Å². The third-order valence-corrected chi connectivity index (χ3v) is 7.72. The Balaban J connectivity index is 2.11. The van der Waals surface area contributed by atoms with Crippen molar-refractivity contribution in [3.8, 4) is 0 Å². The lowest BCUT2D eigenvalue weighted by Crippen LogP contribution is -2.18. The van der Waals surface area contributed by atoms with E-state index in [1.54, 1.807) is 6.07 Å². The lowest BCUT2D eigenvalue weighted by molar-refractivity contribution is -0.141. The van der Waals surface area contributed by atoms with Gasteiger partial charge < -0.3 is 0 Å². The Morgan fingerprint density at radius 2 is 1.64 bits per heavy atom. The highest BCUT2D eigenvalue weighted by atomic mass is 35.5. The average molecular weight is 535 g/mol. The second kappa shape index (κ2) is 8.47. The van der Waals surface area contributed by atoms with Crippen LogP contribution in [0.2, 0.25) is 10.0 Å². The Morgan fingerprint density at radius 3 is 2.21 bits per heavy atom. The monoisotopic (exact) mass is 533 g/mol. The minimum atomic E-state index is -4.79. The highest BCUT2D eigenvalue weighted by Crippen LogP contribution is 2.42. The first-order chi connectivity index (χ1) is 15.4. The lowest BCUT2D eigenvalue weighted by atomic mass is 10.1. The smallest absolute Gasteiger partial charge is 0.262 e. The molecule has 33 heavy (non-hydrogen) atoms. The second-order valence-electron chi connectivity index (χ2n) is 7.09. The van der Waals surface area contributed by atoms with E-state index < -0.39 is 32.9 Å². The Bertz CT molecular complexity index is 1450. The Morgan fingerprint density at radius 1 is 1.03 bits per heavy atom. The summed E-state index contributed by atoms with van der Waals surface area (Å²) in [4.78, 5) is 7.36. The molecule has 1 unspecified atom stereocenters. The zero-order valence-corrected chi connectivity index (χ0v) is 19.7. The molecule has 3 aromatic heterocycles. The van der Waals surface area contributed by atoms with E-state index in [9.17, 15) is 21.6 Å². The zero-order valence-electron chi connectivity index (χ0n) is 16.6. The van der Waals surface area contributed by atoms with Crippen LogP contribution >= 0.6 is 34.8 Å². The molecule has 0 radical (unpaired) electrons. The van der Waals surface area contributed by atoms with Gasteiger partial charge in [-0.15, -0.1) is 11.6 Å². The van der Waals surface area contributed by atoms with Crippen LogP contribution in [0, 0.1) is 6.92 Å². The van der Waals surface area contributed by atoms with E-state index in [0.29, 0.717) is 3.97 Å². The maximum Gasteiger partial charge on any atom is 0.433 e. The van der Waals surface area contributed by atoms with Crippen molar-refractivity contribution in [2.24, 2.45) is 0 Å². The van der Waals surface area contributed by atoms with Crippen molar-refractivity contribution < 1.29 is 21.6 Å². The summed E-state index contributed by atoms with van der Waals surface area (Å²) in [6, 6.07) is 9.46. The zero-order chi connectivity index (χ0) is 24.1. The number of nitrogens with zero attached hydrogens (tertiary/aromatic N) is 3. The first-order valence-electron chi connectivity index (χ1n) is 9.26. The van der Waals surface area contributed by atoms with Gasteiger partial charge in [-0.25, -0.2) is 17.4 Å². The second-order valence-corrected chi connectivity index (χ2v) is 10.1. The van der Waals surface area contributed by atoms with Crippen molar-refractivity contribution in [3.63, 3.8) is 0 Å². The van der Waals surface area contributed by atoms with Gasteiger partial charge in [0.15, 0.2) is 5.65 Å². The summed E-state index contributed by atoms with van der Waals surface area (Å²) in [7, 11) is -4.41. The summed E-state index contributed by atoms with van der Waals surface area (Å²) in [5.74, 6) is 0. The molecule has 0 saturated heterocycles. The average Bonchev–Trinajstić information content (AvgIpc) is 3.14. The van der Waals surface area contributed by atoms with Crippen LogP contribution in [0.5, 0.6) is 0 Å². The molecule has 4 aromatic rings. The van der Waals surface area contributed by atoms with Gasteiger partial charge in [0.25, 0.3) is 10.0 Å². The first kappa shape index (κ1) is 23.8. The van der Waals surface area contributed by atoms with Gasteiger partial charge in [0, 0.05) is 23.3 Å². The minimum absolute atomic E-state index is 0.0667. The van der Waals surface area contributed by atoms with Gasteiger partial charge in [-0.3, -0.25) is 4.98 Å². The van der Waals surface area contributed by atoms with Gasteiger partial charge in [0.2, 0.25) is 0 Å². The molecule has 0 fully saturated rings. The number of aromatic nitrogens is 3. The molecule has 0 saturated carbocycles. The molecular formula is C21H13Cl3F3N3O2S. The van der Waals surface area contributed by atoms with Gasteiger partial charge in [0.05, 0.1) is 20.6 Å². The molecule has 172 valence electrons. The first-order valence-corrected chi connectivity index (χ1v) is 11.9. The molecule has 0 spiro atoms. The Labute approximate surface area is 201 Å². The quantitative estimate of drug-likeness (QED) is 0.276. The number of hydrogen-bond donors (Lipinski definition) is 0. The van der Waals surface area contributed by atoms with Gasteiger partial charge in [0.1, 0.15) is 11.1 Å². The number of aryl methyl sites for hydroxylation is 1. The molecule has 1 atom stereocenters. The SMILES string of the molecule is Cc1cc(C(F)(F)F)nc2c1cc(C(Cl)c1c(Cl)cncc1Cl)n2S(=O)(=O)c1ccccc1. The molecule has 5 nitrogen and oxygen atoms in total. The Kier molecular flexibility index (Phi) is 6.11. The summed E-state index contributed by atoms with van der Waals surface area (Å²) in [6.45, 7) is 1.43. The summed E-state index contributed by atoms with van der Waals surface area (Å²) in [5, 5.41) is -0.923. The van der Waals surface area contributed by atoms with Crippen molar-refractivity contribution in [2.75, 3.05) is 0 Å². The van der Waals surface area contributed by atoms with Crippen molar-refractivity contribution in [1.82, 2.24) is 13.9 Å². The molecule has 0 aliphatic heterocycles. The molecule has 0 aliphatic carbocycles. The number of fused-ring (bicyclic) bond motifs is 1. The maximum absolute atomic E-state index is 13.6. The third kappa shape index (κ3) is 4.19. The summed E-state index contributed by atoms with van der Waals surface area (Å²) >= 11 is 19.1. The van der Waals surface area contributed by atoms with Crippen LogP contribution in [-0.4, -0.2) is 22.4 Å². The van der Waals surface area contributed by atoms with Gasteiger partial charge in [-0.05, 0) is 36.8 Å². The van der Waals surface area contributed by atoms with Gasteiger partial charge in [-0.2, -0.15) is 13.2 Å². The van der Waals surface area contributed by atoms with Crippen LogP contribution < -0.4 is 0 Å². The maximum atomic E-state index is 13.6. The number of benzene rings is 1. The molecule has 3 heterocycles. The number of pyridine rings is 2. The number of hydrogen-bond acceptors (Lipinski definition) is 4. The van der Waals surface area contributed by atoms with Crippen LogP contribution in [0.15, 0.2) is 59.8 Å². The number of alkyl halides is 4. The molecule has 0 aliphatic rings. The number of rotatable bonds is 4. The molecule has 1 aromatic carbocycles. The van der Waals surface area contributed by atoms with E-state index in [2.05, 4.69) is 9.97 Å². The topological polar surface area (TPSA) is 64.8 Å². The number of halogens is 6. The molecule has 0 bridgehead atoms. The van der Waals surface area contributed by atoms with Crippen molar-refractivity contribution in [3.05, 3.63) is 87.4 Å². The predicted molar refractivity (Wildman–Crippen MR) is 120 cm³/mol. The van der Waals surface area contributed by atoms with Gasteiger partial charge >= 0.3 is 6.18 Å². The highest BCUT2D eigenvalue weighted by molar-refractivity contribution is 7.90. The van der Waals surface area contributed by atoms with Gasteiger partial charge in [-0.1, -0.05) is 41.4 Å². The fourth-order valence-electron chi connectivity index (χ4n) is 3.41. The van der Waals surface area contributed by atoms with Crippen LogP contribution in [-0.2, 0) is 16.2 Å². The van der Waals surface area contributed by atoms with Crippen LogP contribution in [0.4, 0.5) is 13.2 Å². The van der Waals surface area contributed by atoms with Crippen molar-refractivity contribution in [2.45, 2.75) is 23.4 Å². The van der Waals surface area contributed by atoms with Crippen LogP contribution in [0.3, 0.4) is 0 Å². The van der Waals surface area contributed by atoms with E-state index in [1.165, 1.54) is 49.6 Å². The molecule has 0 N–H and O–H groups in total. The standard InChI is InChI=1S/C21H13Cl3F3N3O2S/c1-11-7-17(21(25,26)27)29-20-13(11)8-16(19(24)18-14(22)9-28-10-15(18)23)30(20)33(31,32)12-5-3-2-4-6-12/h2-10,19H,1H3. The van der Waals surface area contributed by atoms with Crippen LogP contribution in [0.25, 0.3) is 11.0 Å². The third-order valence-electron chi connectivity index (χ3n) is 4.94. The van der Waals surface area contributed by atoms with Crippen LogP contribution in [0.1, 0.15) is 27.9 Å². The fraction of sp³-hybridized carbons (Fsp3) is 0.143. The van der Waals surface area contributed by atoms with Crippen molar-refractivity contribution in [1.29, 1.82) is 0 Å². The highest BCUT2D eigenvalue weighted by Gasteiger charge is 2.36. The normalized spacial score (nSPS) is 13.4. The van der Waals surface area contributed by atoms with E-state index in [0.717, 1.165) is 6.07 Å². The lowest BCUT2D eigenvalue weighted by Gasteiger charge is -2.17. The van der Waals surface area contributed by atoms with E-state index in [4.69, 9.17) is 34.8 Å². The Hall–Kier alpha value is -2.33. The molecule has 0 amide bonds. The summed E-state index contributed by atoms with van der Waals surface area (Å²) in [6.07, 6.45) is -2.23. The minimum Gasteiger partial charge on any atom is -0.262 e. The fourth-order valence-corrected chi connectivity index (χ4v) is 6.07. The molecular weight excluding hydrogens is 522 g/mol. The van der Waals surface area contributed by atoms with E-state index >= 15 is 0 Å². The molecule has 12 heteroatoms. The summed E-state index contributed by atoms with van der Waals surface area (Å²) in [5.41, 5.74) is -1.37. The largest absolute Gasteiger partial charge is 0.433 e. The van der Waals surface area contributed by atoms with Crippen molar-refractivity contribution >= 4 is 55.9 Å². The van der Waals surface area contributed by atoms with E-state index in [-0.39, 0.29) is 37.1 Å². The molecule has 4 rings (SSSR count). The summed E-state index contributed by atoms with van der Waals surface area (Å²) < 4.78 is 68.4.